The van der Waals surface area contributed by atoms with Gasteiger partial charge in [-0.1, -0.05) is 35.9 Å². The standard InChI is InChI=1S/C18H18O4/c1-11-3-4-12(2)15(9-11)10-16(18(21)22)13-5-7-14(8-6-13)17(19)20/h3-9,16H,10H2,1-2H3,(H,19,20)(H,21,22). The highest BCUT2D eigenvalue weighted by molar-refractivity contribution is 5.87. The Morgan fingerprint density at radius 1 is 1.00 bits per heavy atom. The van der Waals surface area contributed by atoms with E-state index in [0.29, 0.717) is 12.0 Å². The van der Waals surface area contributed by atoms with Crippen LogP contribution in [0.25, 0.3) is 0 Å². The maximum absolute atomic E-state index is 11.6. The van der Waals surface area contributed by atoms with Crippen LogP contribution >= 0.6 is 0 Å². The Bertz CT molecular complexity index is 702. The van der Waals surface area contributed by atoms with Crippen LogP contribution < -0.4 is 0 Å². The summed E-state index contributed by atoms with van der Waals surface area (Å²) in [4.78, 5) is 22.5. The van der Waals surface area contributed by atoms with Crippen molar-refractivity contribution >= 4 is 11.9 Å². The van der Waals surface area contributed by atoms with Gasteiger partial charge in [-0.25, -0.2) is 4.79 Å². The Morgan fingerprint density at radius 2 is 1.64 bits per heavy atom. The van der Waals surface area contributed by atoms with Crippen molar-refractivity contribution in [1.82, 2.24) is 0 Å². The molecule has 2 N–H and O–H groups in total. The van der Waals surface area contributed by atoms with Gasteiger partial charge in [0.05, 0.1) is 11.5 Å². The molecule has 0 bridgehead atoms. The van der Waals surface area contributed by atoms with Crippen LogP contribution in [-0.4, -0.2) is 22.2 Å². The Morgan fingerprint density at radius 3 is 2.18 bits per heavy atom. The van der Waals surface area contributed by atoms with Crippen molar-refractivity contribution in [3.05, 3.63) is 70.3 Å². The maximum atomic E-state index is 11.6. The first-order valence-corrected chi connectivity index (χ1v) is 7.00. The molecule has 0 aromatic heterocycles. The second kappa shape index (κ2) is 6.43. The quantitative estimate of drug-likeness (QED) is 0.887. The van der Waals surface area contributed by atoms with Gasteiger partial charge in [-0.2, -0.15) is 0 Å². The summed E-state index contributed by atoms with van der Waals surface area (Å²) >= 11 is 0. The fraction of sp³-hybridized carbons (Fsp3) is 0.222. The third-order valence-electron chi connectivity index (χ3n) is 3.79. The van der Waals surface area contributed by atoms with Crippen LogP contribution in [0.4, 0.5) is 0 Å². The lowest BCUT2D eigenvalue weighted by Crippen LogP contribution is -2.15. The van der Waals surface area contributed by atoms with Crippen molar-refractivity contribution in [2.45, 2.75) is 26.2 Å². The van der Waals surface area contributed by atoms with E-state index in [0.717, 1.165) is 16.7 Å². The lowest BCUT2D eigenvalue weighted by Gasteiger charge is -2.15. The molecule has 2 rings (SSSR count). The molecule has 0 aliphatic carbocycles. The average Bonchev–Trinajstić information content (AvgIpc) is 2.48. The van der Waals surface area contributed by atoms with Crippen molar-refractivity contribution in [3.63, 3.8) is 0 Å². The molecule has 114 valence electrons. The first-order valence-electron chi connectivity index (χ1n) is 7.00. The minimum absolute atomic E-state index is 0.152. The van der Waals surface area contributed by atoms with Crippen LogP contribution in [0.3, 0.4) is 0 Å². The molecule has 1 unspecified atom stereocenters. The zero-order valence-electron chi connectivity index (χ0n) is 12.5. The number of aryl methyl sites for hydroxylation is 2. The van der Waals surface area contributed by atoms with Crippen LogP contribution in [0.15, 0.2) is 42.5 Å². The van der Waals surface area contributed by atoms with Gasteiger partial charge < -0.3 is 10.2 Å². The molecule has 2 aromatic rings. The number of carbonyl (C=O) groups is 2. The fourth-order valence-electron chi connectivity index (χ4n) is 2.45. The van der Waals surface area contributed by atoms with E-state index in [4.69, 9.17) is 5.11 Å². The van der Waals surface area contributed by atoms with Crippen LogP contribution in [0.2, 0.25) is 0 Å². The molecular formula is C18H18O4. The number of hydrogen-bond donors (Lipinski definition) is 2. The molecule has 4 heteroatoms. The molecule has 0 heterocycles. The number of aromatic carboxylic acids is 1. The van der Waals surface area contributed by atoms with Crippen LogP contribution in [0.5, 0.6) is 0 Å². The van der Waals surface area contributed by atoms with Gasteiger partial charge in [0.15, 0.2) is 0 Å². The monoisotopic (exact) mass is 298 g/mol. The minimum Gasteiger partial charge on any atom is -0.481 e. The molecule has 2 aromatic carbocycles. The molecule has 4 nitrogen and oxygen atoms in total. The zero-order valence-corrected chi connectivity index (χ0v) is 12.5. The lowest BCUT2D eigenvalue weighted by molar-refractivity contribution is -0.138. The Balaban J connectivity index is 2.32. The number of carboxylic acid groups (broad SMARTS) is 2. The van der Waals surface area contributed by atoms with E-state index in [1.807, 2.05) is 32.0 Å². The van der Waals surface area contributed by atoms with Crippen molar-refractivity contribution in [2.75, 3.05) is 0 Å². The van der Waals surface area contributed by atoms with Crippen molar-refractivity contribution in [3.8, 4) is 0 Å². The Hall–Kier alpha value is -2.62. The summed E-state index contributed by atoms with van der Waals surface area (Å²) in [6.45, 7) is 3.93. The van der Waals surface area contributed by atoms with Gasteiger partial charge in [-0.3, -0.25) is 4.79 Å². The first kappa shape index (κ1) is 15.8. The average molecular weight is 298 g/mol. The van der Waals surface area contributed by atoms with Gasteiger partial charge >= 0.3 is 11.9 Å². The summed E-state index contributed by atoms with van der Waals surface area (Å²) in [6, 6.07) is 12.0. The third-order valence-corrected chi connectivity index (χ3v) is 3.79. The number of rotatable bonds is 5. The smallest absolute Gasteiger partial charge is 0.335 e. The van der Waals surface area contributed by atoms with E-state index in [-0.39, 0.29) is 5.56 Å². The molecule has 0 radical (unpaired) electrons. The molecule has 1 atom stereocenters. The van der Waals surface area contributed by atoms with E-state index < -0.39 is 17.9 Å². The summed E-state index contributed by atoms with van der Waals surface area (Å²) in [7, 11) is 0. The largest absolute Gasteiger partial charge is 0.481 e. The van der Waals surface area contributed by atoms with Gasteiger partial charge in [-0.15, -0.1) is 0 Å². The van der Waals surface area contributed by atoms with Crippen LogP contribution in [0, 0.1) is 13.8 Å². The summed E-state index contributed by atoms with van der Waals surface area (Å²) in [6.07, 6.45) is 0.384. The van der Waals surface area contributed by atoms with E-state index in [9.17, 15) is 14.7 Å². The van der Waals surface area contributed by atoms with Gasteiger partial charge in [-0.05, 0) is 49.1 Å². The molecular weight excluding hydrogens is 280 g/mol. The zero-order chi connectivity index (χ0) is 16.3. The van der Waals surface area contributed by atoms with E-state index in [2.05, 4.69) is 0 Å². The summed E-state index contributed by atoms with van der Waals surface area (Å²) in [5, 5.41) is 18.4. The SMILES string of the molecule is Cc1ccc(C)c(CC(C(=O)O)c2ccc(C(=O)O)cc2)c1. The molecule has 0 fully saturated rings. The fourth-order valence-corrected chi connectivity index (χ4v) is 2.45. The Kier molecular flexibility index (Phi) is 4.61. The molecule has 22 heavy (non-hydrogen) atoms. The van der Waals surface area contributed by atoms with Gasteiger partial charge in [0.1, 0.15) is 0 Å². The summed E-state index contributed by atoms with van der Waals surface area (Å²) in [5.41, 5.74) is 3.90. The highest BCUT2D eigenvalue weighted by Gasteiger charge is 2.21. The van der Waals surface area contributed by atoms with E-state index in [1.165, 1.54) is 12.1 Å². The van der Waals surface area contributed by atoms with Gasteiger partial charge in [0, 0.05) is 0 Å². The molecule has 0 saturated heterocycles. The van der Waals surface area contributed by atoms with Crippen molar-refractivity contribution in [2.24, 2.45) is 0 Å². The summed E-state index contributed by atoms with van der Waals surface area (Å²) in [5.74, 6) is -2.62. The van der Waals surface area contributed by atoms with E-state index >= 15 is 0 Å². The van der Waals surface area contributed by atoms with E-state index in [1.54, 1.807) is 12.1 Å². The van der Waals surface area contributed by atoms with Gasteiger partial charge in [0.2, 0.25) is 0 Å². The number of benzene rings is 2. The Labute approximate surface area is 129 Å². The predicted octanol–water partition coefficient (Wildman–Crippen LogP) is 3.41. The van der Waals surface area contributed by atoms with Crippen LogP contribution in [0.1, 0.15) is 38.5 Å². The first-order chi connectivity index (χ1) is 10.4. The minimum atomic E-state index is -1.02. The predicted molar refractivity (Wildman–Crippen MR) is 83.4 cm³/mol. The number of carboxylic acids is 2. The topological polar surface area (TPSA) is 74.6 Å². The second-order valence-electron chi connectivity index (χ2n) is 5.45. The van der Waals surface area contributed by atoms with Crippen molar-refractivity contribution < 1.29 is 19.8 Å². The molecule has 0 amide bonds. The molecule has 0 aliphatic heterocycles. The van der Waals surface area contributed by atoms with Gasteiger partial charge in [0.25, 0.3) is 0 Å². The molecule has 0 saturated carbocycles. The summed E-state index contributed by atoms with van der Waals surface area (Å²) < 4.78 is 0. The normalized spacial score (nSPS) is 11.9. The van der Waals surface area contributed by atoms with Crippen molar-refractivity contribution in [1.29, 1.82) is 0 Å². The second-order valence-corrected chi connectivity index (χ2v) is 5.45. The molecule has 0 spiro atoms. The lowest BCUT2D eigenvalue weighted by atomic mass is 9.89. The van der Waals surface area contributed by atoms with Crippen LogP contribution in [-0.2, 0) is 11.2 Å². The highest BCUT2D eigenvalue weighted by Crippen LogP contribution is 2.24. The highest BCUT2D eigenvalue weighted by atomic mass is 16.4. The third kappa shape index (κ3) is 3.52. The maximum Gasteiger partial charge on any atom is 0.335 e. The number of aliphatic carboxylic acids is 1. The molecule has 0 aliphatic rings. The number of hydrogen-bond acceptors (Lipinski definition) is 2.